The van der Waals surface area contributed by atoms with Crippen molar-refractivity contribution in [2.45, 2.75) is 13.0 Å². The fraction of sp³-hybridized carbons (Fsp3) is 0.231. The van der Waals surface area contributed by atoms with Gasteiger partial charge >= 0.3 is 0 Å². The van der Waals surface area contributed by atoms with Crippen LogP contribution < -0.4 is 0 Å². The van der Waals surface area contributed by atoms with Gasteiger partial charge in [0.2, 0.25) is 0 Å². The number of rotatable bonds is 4. The summed E-state index contributed by atoms with van der Waals surface area (Å²) < 4.78 is 16.4. The molecule has 20 heavy (non-hydrogen) atoms. The van der Waals surface area contributed by atoms with Gasteiger partial charge in [0.1, 0.15) is 11.6 Å². The van der Waals surface area contributed by atoms with Crippen LogP contribution in [0.5, 0.6) is 0 Å². The summed E-state index contributed by atoms with van der Waals surface area (Å²) >= 11 is 9.40. The van der Waals surface area contributed by atoms with E-state index in [4.69, 9.17) is 11.6 Å². The van der Waals surface area contributed by atoms with Crippen LogP contribution >= 0.6 is 45.5 Å². The van der Waals surface area contributed by atoms with Gasteiger partial charge in [-0.2, -0.15) is 0 Å². The Balaban J connectivity index is 2.15. The summed E-state index contributed by atoms with van der Waals surface area (Å²) in [5.41, 5.74) is 3.40. The molecule has 0 atom stereocenters. The van der Waals surface area contributed by atoms with Crippen LogP contribution in [-0.2, 0) is 13.0 Å². The molecule has 0 aliphatic rings. The van der Waals surface area contributed by atoms with Crippen LogP contribution in [0, 0.1) is 9.39 Å². The standard InChI is InChI=1S/C13H10ClFIN3S/c14-2-1-13-18-11-4-10(16)9(15)3-12(11)19(13)6-8-5-17-7-20-8/h3-5,7H,1-2,6H2. The third kappa shape index (κ3) is 2.68. The van der Waals surface area contributed by atoms with Crippen LogP contribution in [0.3, 0.4) is 0 Å². The van der Waals surface area contributed by atoms with E-state index in [-0.39, 0.29) is 5.82 Å². The first kappa shape index (κ1) is 14.2. The van der Waals surface area contributed by atoms with E-state index in [2.05, 4.69) is 9.97 Å². The number of aryl methyl sites for hydroxylation is 1. The molecule has 7 heteroatoms. The summed E-state index contributed by atoms with van der Waals surface area (Å²) in [4.78, 5) is 9.76. The molecule has 3 nitrogen and oxygen atoms in total. The van der Waals surface area contributed by atoms with Gasteiger partial charge in [-0.1, -0.05) is 0 Å². The lowest BCUT2D eigenvalue weighted by molar-refractivity contribution is 0.621. The molecule has 1 aromatic carbocycles. The molecule has 0 radical (unpaired) electrons. The Bertz CT molecular complexity index is 742. The van der Waals surface area contributed by atoms with Crippen molar-refractivity contribution in [1.82, 2.24) is 14.5 Å². The van der Waals surface area contributed by atoms with Crippen LogP contribution in [0.25, 0.3) is 11.0 Å². The van der Waals surface area contributed by atoms with Gasteiger partial charge in [-0.15, -0.1) is 22.9 Å². The number of alkyl halides is 1. The van der Waals surface area contributed by atoms with E-state index < -0.39 is 0 Å². The van der Waals surface area contributed by atoms with Crippen molar-refractivity contribution < 1.29 is 4.39 Å². The van der Waals surface area contributed by atoms with E-state index in [0.717, 1.165) is 21.7 Å². The summed E-state index contributed by atoms with van der Waals surface area (Å²) in [7, 11) is 0. The Morgan fingerprint density at radius 2 is 2.25 bits per heavy atom. The lowest BCUT2D eigenvalue weighted by Gasteiger charge is -2.06. The van der Waals surface area contributed by atoms with Crippen molar-refractivity contribution in [1.29, 1.82) is 0 Å². The predicted octanol–water partition coefficient (Wildman–Crippen LogP) is 4.07. The second kappa shape index (κ2) is 5.95. The molecule has 2 heterocycles. The molecule has 0 aliphatic carbocycles. The van der Waals surface area contributed by atoms with Crippen molar-refractivity contribution in [2.75, 3.05) is 5.88 Å². The zero-order valence-corrected chi connectivity index (χ0v) is 14.0. The maximum Gasteiger partial charge on any atom is 0.138 e. The average molecular weight is 422 g/mol. The summed E-state index contributed by atoms with van der Waals surface area (Å²) in [5.74, 6) is 1.15. The minimum absolute atomic E-state index is 0.221. The third-order valence-corrected chi connectivity index (χ3v) is 4.76. The van der Waals surface area contributed by atoms with Crippen LogP contribution in [0.4, 0.5) is 4.39 Å². The number of imidazole rings is 1. The fourth-order valence-electron chi connectivity index (χ4n) is 2.10. The highest BCUT2D eigenvalue weighted by atomic mass is 127. The van der Waals surface area contributed by atoms with Gasteiger partial charge in [0, 0.05) is 29.4 Å². The van der Waals surface area contributed by atoms with Crippen molar-refractivity contribution in [3.63, 3.8) is 0 Å². The molecular weight excluding hydrogens is 412 g/mol. The summed E-state index contributed by atoms with van der Waals surface area (Å²) in [5, 5.41) is 0. The third-order valence-electron chi connectivity index (χ3n) is 2.98. The van der Waals surface area contributed by atoms with E-state index in [0.29, 0.717) is 22.4 Å². The number of fused-ring (bicyclic) bond motifs is 1. The molecule has 0 amide bonds. The molecule has 0 N–H and O–H groups in total. The minimum atomic E-state index is -0.221. The Kier molecular flexibility index (Phi) is 4.23. The topological polar surface area (TPSA) is 30.7 Å². The average Bonchev–Trinajstić information content (AvgIpc) is 3.02. The summed E-state index contributed by atoms with van der Waals surface area (Å²) in [6, 6.07) is 3.31. The highest BCUT2D eigenvalue weighted by molar-refractivity contribution is 14.1. The molecule has 104 valence electrons. The van der Waals surface area contributed by atoms with Gasteiger partial charge < -0.3 is 4.57 Å². The SMILES string of the molecule is Fc1cc2c(cc1I)nc(CCCl)n2Cc1cncs1. The Labute approximate surface area is 137 Å². The second-order valence-electron chi connectivity index (χ2n) is 4.28. The molecule has 0 fully saturated rings. The van der Waals surface area contributed by atoms with Gasteiger partial charge in [-0.25, -0.2) is 9.37 Å². The number of aromatic nitrogens is 3. The zero-order chi connectivity index (χ0) is 14.1. The number of nitrogens with zero attached hydrogens (tertiary/aromatic N) is 3. The molecule has 0 saturated heterocycles. The quantitative estimate of drug-likeness (QED) is 0.470. The van der Waals surface area contributed by atoms with E-state index in [1.54, 1.807) is 29.0 Å². The zero-order valence-electron chi connectivity index (χ0n) is 10.3. The maximum atomic E-state index is 13.8. The molecule has 2 aromatic heterocycles. The number of halogens is 3. The van der Waals surface area contributed by atoms with Gasteiger partial charge in [0.05, 0.1) is 26.7 Å². The van der Waals surface area contributed by atoms with Crippen molar-refractivity contribution in [3.05, 3.63) is 43.9 Å². The molecule has 0 saturated carbocycles. The lowest BCUT2D eigenvalue weighted by atomic mass is 10.3. The Morgan fingerprint density at radius 1 is 1.40 bits per heavy atom. The normalized spacial score (nSPS) is 11.3. The Hall–Kier alpha value is -0.730. The summed E-state index contributed by atoms with van der Waals surface area (Å²) in [6.45, 7) is 0.646. The first-order chi connectivity index (χ1) is 9.69. The maximum absolute atomic E-state index is 13.8. The smallest absolute Gasteiger partial charge is 0.138 e. The Morgan fingerprint density at radius 3 is 2.95 bits per heavy atom. The van der Waals surface area contributed by atoms with E-state index in [1.165, 1.54) is 0 Å². The second-order valence-corrected chi connectivity index (χ2v) is 6.79. The van der Waals surface area contributed by atoms with Crippen LogP contribution in [0.1, 0.15) is 10.7 Å². The van der Waals surface area contributed by atoms with Gasteiger partial charge in [0.15, 0.2) is 0 Å². The largest absolute Gasteiger partial charge is 0.322 e. The van der Waals surface area contributed by atoms with Crippen LogP contribution in [0.15, 0.2) is 23.8 Å². The van der Waals surface area contributed by atoms with Crippen LogP contribution in [-0.4, -0.2) is 20.4 Å². The molecule has 0 bridgehead atoms. The number of thiazole rings is 1. The molecule has 3 aromatic rings. The first-order valence-electron chi connectivity index (χ1n) is 5.96. The van der Waals surface area contributed by atoms with Crippen molar-refractivity contribution >= 4 is 56.6 Å². The predicted molar refractivity (Wildman–Crippen MR) is 88.0 cm³/mol. The minimum Gasteiger partial charge on any atom is -0.322 e. The molecule has 3 rings (SSSR count). The molecular formula is C13H10ClFIN3S. The fourth-order valence-corrected chi connectivity index (χ4v) is 3.30. The lowest BCUT2D eigenvalue weighted by Crippen LogP contribution is -2.05. The molecule has 0 unspecified atom stereocenters. The molecule has 0 spiro atoms. The van der Waals surface area contributed by atoms with E-state index in [9.17, 15) is 4.39 Å². The first-order valence-corrected chi connectivity index (χ1v) is 8.46. The monoisotopic (exact) mass is 421 g/mol. The van der Waals surface area contributed by atoms with Gasteiger partial charge in [0.25, 0.3) is 0 Å². The number of hydrogen-bond acceptors (Lipinski definition) is 3. The van der Waals surface area contributed by atoms with Gasteiger partial charge in [-0.05, 0) is 28.7 Å². The molecule has 0 aliphatic heterocycles. The number of hydrogen-bond donors (Lipinski definition) is 0. The van der Waals surface area contributed by atoms with Crippen LogP contribution in [0.2, 0.25) is 0 Å². The van der Waals surface area contributed by atoms with Gasteiger partial charge in [-0.3, -0.25) is 4.98 Å². The number of benzene rings is 1. The van der Waals surface area contributed by atoms with Crippen molar-refractivity contribution in [2.24, 2.45) is 0 Å². The summed E-state index contributed by atoms with van der Waals surface area (Å²) in [6.07, 6.45) is 2.48. The van der Waals surface area contributed by atoms with Crippen molar-refractivity contribution in [3.8, 4) is 0 Å². The van der Waals surface area contributed by atoms with E-state index in [1.807, 2.05) is 33.4 Å². The highest BCUT2D eigenvalue weighted by Gasteiger charge is 2.14. The highest BCUT2D eigenvalue weighted by Crippen LogP contribution is 2.24. The van der Waals surface area contributed by atoms with E-state index >= 15 is 0 Å².